The number of hydrogen-bond donors (Lipinski definition) is 0. The molecule has 0 radical (unpaired) electrons. The zero-order valence-electron chi connectivity index (χ0n) is 8.56. The Morgan fingerprint density at radius 3 is 2.09 bits per heavy atom. The highest BCUT2D eigenvalue weighted by molar-refractivity contribution is 4.63. The van der Waals surface area contributed by atoms with Crippen LogP contribution < -0.4 is 0 Å². The summed E-state index contributed by atoms with van der Waals surface area (Å²) < 4.78 is 0. The molecule has 0 aromatic heterocycles. The van der Waals surface area contributed by atoms with Gasteiger partial charge in [0.05, 0.1) is 0 Å². The molecule has 0 aromatic rings. The van der Waals surface area contributed by atoms with Crippen LogP contribution in [0, 0.1) is 0 Å². The molecule has 0 rings (SSSR count). The first-order valence-electron chi connectivity index (χ1n) is 4.88. The van der Waals surface area contributed by atoms with Gasteiger partial charge in [-0.25, -0.2) is 0 Å². The third-order valence-electron chi connectivity index (χ3n) is 2.34. The van der Waals surface area contributed by atoms with Crippen molar-refractivity contribution in [2.24, 2.45) is 0 Å². The van der Waals surface area contributed by atoms with Crippen molar-refractivity contribution in [1.82, 2.24) is 4.90 Å². The molecule has 0 N–H and O–H groups in total. The highest BCUT2D eigenvalue weighted by Gasteiger charge is 2.06. The zero-order chi connectivity index (χ0) is 8.69. The van der Waals surface area contributed by atoms with Gasteiger partial charge in [-0.3, -0.25) is 0 Å². The summed E-state index contributed by atoms with van der Waals surface area (Å²) in [5, 5.41) is 0. The standard InChI is InChI=1S/C10H23N/c1-5-7-8-9-10(6-2)11(3)4/h10H,5-9H2,1-4H3. The molecule has 0 fully saturated rings. The lowest BCUT2D eigenvalue weighted by Gasteiger charge is -2.22. The lowest BCUT2D eigenvalue weighted by Crippen LogP contribution is -2.26. The predicted molar refractivity (Wildman–Crippen MR) is 51.9 cm³/mol. The Morgan fingerprint density at radius 1 is 1.09 bits per heavy atom. The summed E-state index contributed by atoms with van der Waals surface area (Å²) in [4.78, 5) is 2.34. The Hall–Kier alpha value is -0.0400. The molecule has 1 unspecified atom stereocenters. The first-order valence-corrected chi connectivity index (χ1v) is 4.88. The molecule has 1 nitrogen and oxygen atoms in total. The molecular weight excluding hydrogens is 134 g/mol. The van der Waals surface area contributed by atoms with Crippen LogP contribution in [0.5, 0.6) is 0 Å². The van der Waals surface area contributed by atoms with Gasteiger partial charge in [0.25, 0.3) is 0 Å². The average molecular weight is 157 g/mol. The molecule has 0 saturated carbocycles. The molecule has 11 heavy (non-hydrogen) atoms. The minimum absolute atomic E-state index is 0.807. The van der Waals surface area contributed by atoms with E-state index < -0.39 is 0 Å². The molecule has 0 saturated heterocycles. The second-order valence-corrected chi connectivity index (χ2v) is 3.52. The maximum Gasteiger partial charge on any atom is 0.00865 e. The third kappa shape index (κ3) is 5.25. The quantitative estimate of drug-likeness (QED) is 0.536. The fourth-order valence-corrected chi connectivity index (χ4v) is 1.46. The fourth-order valence-electron chi connectivity index (χ4n) is 1.46. The van der Waals surface area contributed by atoms with E-state index in [1.54, 1.807) is 0 Å². The van der Waals surface area contributed by atoms with E-state index in [2.05, 4.69) is 32.8 Å². The molecule has 1 atom stereocenters. The maximum atomic E-state index is 2.34. The van der Waals surface area contributed by atoms with Gasteiger partial charge in [0, 0.05) is 6.04 Å². The van der Waals surface area contributed by atoms with Crippen LogP contribution in [0.1, 0.15) is 46.0 Å². The van der Waals surface area contributed by atoms with E-state index in [-0.39, 0.29) is 0 Å². The minimum Gasteiger partial charge on any atom is -0.306 e. The minimum atomic E-state index is 0.807. The molecule has 0 bridgehead atoms. The van der Waals surface area contributed by atoms with E-state index >= 15 is 0 Å². The summed E-state index contributed by atoms with van der Waals surface area (Å²) >= 11 is 0. The molecule has 0 aromatic carbocycles. The Balaban J connectivity index is 3.36. The highest BCUT2D eigenvalue weighted by Crippen LogP contribution is 2.09. The van der Waals surface area contributed by atoms with Gasteiger partial charge in [0.2, 0.25) is 0 Å². The van der Waals surface area contributed by atoms with Gasteiger partial charge >= 0.3 is 0 Å². The van der Waals surface area contributed by atoms with Crippen molar-refractivity contribution in [2.75, 3.05) is 14.1 Å². The molecule has 0 aliphatic rings. The van der Waals surface area contributed by atoms with Gasteiger partial charge in [-0.1, -0.05) is 33.1 Å². The summed E-state index contributed by atoms with van der Waals surface area (Å²) in [7, 11) is 4.36. The Kier molecular flexibility index (Phi) is 6.63. The molecular formula is C10H23N. The van der Waals surface area contributed by atoms with Crippen molar-refractivity contribution in [2.45, 2.75) is 52.0 Å². The van der Waals surface area contributed by atoms with Gasteiger partial charge < -0.3 is 4.90 Å². The van der Waals surface area contributed by atoms with E-state index in [9.17, 15) is 0 Å². The van der Waals surface area contributed by atoms with Crippen LogP contribution in [0.3, 0.4) is 0 Å². The third-order valence-corrected chi connectivity index (χ3v) is 2.34. The van der Waals surface area contributed by atoms with Crippen LogP contribution in [0.4, 0.5) is 0 Å². The van der Waals surface area contributed by atoms with Crippen LogP contribution in [0.2, 0.25) is 0 Å². The van der Waals surface area contributed by atoms with E-state index in [4.69, 9.17) is 0 Å². The molecule has 0 spiro atoms. The summed E-state index contributed by atoms with van der Waals surface area (Å²) in [5.41, 5.74) is 0. The van der Waals surface area contributed by atoms with Crippen LogP contribution in [-0.2, 0) is 0 Å². The summed E-state index contributed by atoms with van der Waals surface area (Å²) in [6, 6.07) is 0.807. The van der Waals surface area contributed by atoms with Gasteiger partial charge in [-0.05, 0) is 26.9 Å². The second kappa shape index (κ2) is 6.66. The van der Waals surface area contributed by atoms with E-state index in [0.29, 0.717) is 0 Å². The van der Waals surface area contributed by atoms with Crippen LogP contribution in [-0.4, -0.2) is 25.0 Å². The van der Waals surface area contributed by atoms with Gasteiger partial charge in [-0.2, -0.15) is 0 Å². The van der Waals surface area contributed by atoms with Crippen molar-refractivity contribution in [3.63, 3.8) is 0 Å². The second-order valence-electron chi connectivity index (χ2n) is 3.52. The van der Waals surface area contributed by atoms with E-state index in [1.807, 2.05) is 0 Å². The SMILES string of the molecule is CCCCCC(CC)N(C)C. The average Bonchev–Trinajstić information content (AvgIpc) is 1.97. The van der Waals surface area contributed by atoms with Crippen molar-refractivity contribution >= 4 is 0 Å². The van der Waals surface area contributed by atoms with Crippen molar-refractivity contribution < 1.29 is 0 Å². The van der Waals surface area contributed by atoms with Crippen molar-refractivity contribution in [3.05, 3.63) is 0 Å². The molecule has 1 heteroatoms. The largest absolute Gasteiger partial charge is 0.306 e. The Labute approximate surface area is 71.8 Å². The lowest BCUT2D eigenvalue weighted by atomic mass is 10.1. The summed E-state index contributed by atoms with van der Waals surface area (Å²) in [6.07, 6.45) is 6.79. The Bertz CT molecular complexity index is 78.9. The monoisotopic (exact) mass is 157 g/mol. The van der Waals surface area contributed by atoms with Gasteiger partial charge in [-0.15, -0.1) is 0 Å². The highest BCUT2D eigenvalue weighted by atomic mass is 15.1. The molecule has 68 valence electrons. The molecule has 0 aliphatic heterocycles. The van der Waals surface area contributed by atoms with Crippen molar-refractivity contribution in [1.29, 1.82) is 0 Å². The predicted octanol–water partition coefficient (Wildman–Crippen LogP) is 2.91. The van der Waals surface area contributed by atoms with Crippen LogP contribution in [0.25, 0.3) is 0 Å². The number of hydrogen-bond acceptors (Lipinski definition) is 1. The Morgan fingerprint density at radius 2 is 1.73 bits per heavy atom. The number of unbranched alkanes of at least 4 members (excludes halogenated alkanes) is 2. The topological polar surface area (TPSA) is 3.24 Å². The first kappa shape index (κ1) is 11.0. The lowest BCUT2D eigenvalue weighted by molar-refractivity contribution is 0.265. The molecule has 0 amide bonds. The van der Waals surface area contributed by atoms with E-state index in [1.165, 1.54) is 32.1 Å². The van der Waals surface area contributed by atoms with Crippen LogP contribution >= 0.6 is 0 Å². The summed E-state index contributed by atoms with van der Waals surface area (Å²) in [5.74, 6) is 0. The fraction of sp³-hybridized carbons (Fsp3) is 1.00. The zero-order valence-corrected chi connectivity index (χ0v) is 8.56. The van der Waals surface area contributed by atoms with Crippen molar-refractivity contribution in [3.8, 4) is 0 Å². The smallest absolute Gasteiger partial charge is 0.00865 e. The number of rotatable bonds is 6. The molecule has 0 aliphatic carbocycles. The molecule has 0 heterocycles. The maximum absolute atomic E-state index is 2.34. The van der Waals surface area contributed by atoms with Gasteiger partial charge in [0.15, 0.2) is 0 Å². The normalized spacial score (nSPS) is 13.9. The number of nitrogens with zero attached hydrogens (tertiary/aromatic N) is 1. The summed E-state index contributed by atoms with van der Waals surface area (Å²) in [6.45, 7) is 4.53. The van der Waals surface area contributed by atoms with Crippen LogP contribution in [0.15, 0.2) is 0 Å². The van der Waals surface area contributed by atoms with E-state index in [0.717, 1.165) is 6.04 Å². The van der Waals surface area contributed by atoms with Gasteiger partial charge in [0.1, 0.15) is 0 Å². The first-order chi connectivity index (χ1) is 5.22.